The fraction of sp³-hybridized carbons (Fsp3) is 0.0769. The molecule has 3 aromatic rings. The fourth-order valence-corrected chi connectivity index (χ4v) is 1.95. The molecule has 0 bridgehead atoms. The van der Waals surface area contributed by atoms with Gasteiger partial charge in [0, 0.05) is 17.3 Å². The van der Waals surface area contributed by atoms with Crippen molar-refractivity contribution in [2.45, 2.75) is 0 Å². The van der Waals surface area contributed by atoms with Crippen LogP contribution in [0.3, 0.4) is 0 Å². The molecule has 5 heteroatoms. The monoisotopic (exact) mass is 243 g/mol. The highest BCUT2D eigenvalue weighted by Gasteiger charge is 2.12. The summed E-state index contributed by atoms with van der Waals surface area (Å²) in [6, 6.07) is 4.38. The van der Waals surface area contributed by atoms with E-state index >= 15 is 0 Å². The van der Waals surface area contributed by atoms with Crippen molar-refractivity contribution in [1.82, 2.24) is 15.0 Å². The molecule has 1 aromatic carbocycles. The highest BCUT2D eigenvalue weighted by atomic mass is 19.1. The predicted molar refractivity (Wildman–Crippen MR) is 65.8 cm³/mol. The Kier molecular flexibility index (Phi) is 2.44. The second-order valence-corrected chi connectivity index (χ2v) is 3.83. The molecule has 0 aliphatic carbocycles. The van der Waals surface area contributed by atoms with E-state index in [1.165, 1.54) is 12.1 Å². The highest BCUT2D eigenvalue weighted by molar-refractivity contribution is 5.92. The smallest absolute Gasteiger partial charge is 0.127 e. The number of ether oxygens (including phenoxy) is 1. The Morgan fingerprint density at radius 3 is 2.94 bits per heavy atom. The largest absolute Gasteiger partial charge is 0.496 e. The molecule has 2 aromatic heterocycles. The van der Waals surface area contributed by atoms with Crippen LogP contribution in [0.5, 0.6) is 5.75 Å². The van der Waals surface area contributed by atoms with Gasteiger partial charge in [0.25, 0.3) is 0 Å². The molecule has 0 unspecified atom stereocenters. The van der Waals surface area contributed by atoms with Gasteiger partial charge in [-0.1, -0.05) is 0 Å². The average molecular weight is 243 g/mol. The van der Waals surface area contributed by atoms with Gasteiger partial charge in [-0.25, -0.2) is 9.37 Å². The summed E-state index contributed by atoms with van der Waals surface area (Å²) < 4.78 is 18.6. The summed E-state index contributed by atoms with van der Waals surface area (Å²) >= 11 is 0. The number of aromatic amines is 1. The van der Waals surface area contributed by atoms with E-state index in [1.54, 1.807) is 31.9 Å². The van der Waals surface area contributed by atoms with E-state index < -0.39 is 0 Å². The van der Waals surface area contributed by atoms with Crippen molar-refractivity contribution in [3.8, 4) is 16.9 Å². The number of benzene rings is 1. The Morgan fingerprint density at radius 1 is 1.22 bits per heavy atom. The summed E-state index contributed by atoms with van der Waals surface area (Å²) in [5.41, 5.74) is 2.93. The van der Waals surface area contributed by atoms with E-state index in [4.69, 9.17) is 4.74 Å². The molecule has 0 atom stereocenters. The Labute approximate surface area is 102 Å². The maximum Gasteiger partial charge on any atom is 0.127 e. The topological polar surface area (TPSA) is 50.8 Å². The number of fused-ring (bicyclic) bond motifs is 1. The van der Waals surface area contributed by atoms with E-state index in [2.05, 4.69) is 15.0 Å². The van der Waals surface area contributed by atoms with Gasteiger partial charge in [-0.3, -0.25) is 4.98 Å². The molecule has 18 heavy (non-hydrogen) atoms. The molecule has 0 radical (unpaired) electrons. The number of nitrogens with zero attached hydrogens (tertiary/aromatic N) is 2. The lowest BCUT2D eigenvalue weighted by atomic mass is 10.1. The lowest BCUT2D eigenvalue weighted by Gasteiger charge is -2.08. The van der Waals surface area contributed by atoms with E-state index in [0.29, 0.717) is 11.3 Å². The Bertz CT molecular complexity index is 708. The number of pyridine rings is 1. The van der Waals surface area contributed by atoms with Crippen LogP contribution in [0.25, 0.3) is 22.2 Å². The molecule has 0 aliphatic rings. The van der Waals surface area contributed by atoms with Crippen molar-refractivity contribution in [2.75, 3.05) is 7.11 Å². The van der Waals surface area contributed by atoms with Crippen molar-refractivity contribution >= 4 is 11.0 Å². The number of aromatic nitrogens is 3. The zero-order valence-electron chi connectivity index (χ0n) is 9.64. The number of hydrogen-bond acceptors (Lipinski definition) is 3. The average Bonchev–Trinajstić information content (AvgIpc) is 2.86. The summed E-state index contributed by atoms with van der Waals surface area (Å²) in [5.74, 6) is 0.270. The standard InChI is InChI=1S/C13H10FN3O/c1-18-12-3-2-8(14)4-9(12)10-5-15-6-11-13(10)17-7-16-11/h2-7H,1H3,(H,16,17). The first-order valence-electron chi connectivity index (χ1n) is 5.40. The minimum absolute atomic E-state index is 0.321. The number of nitrogens with one attached hydrogen (secondary N) is 1. The number of hydrogen-bond donors (Lipinski definition) is 1. The molecule has 3 rings (SSSR count). The van der Waals surface area contributed by atoms with Crippen molar-refractivity contribution in [3.05, 3.63) is 42.7 Å². The molecule has 0 saturated carbocycles. The third-order valence-electron chi connectivity index (χ3n) is 2.78. The summed E-state index contributed by atoms with van der Waals surface area (Å²) in [4.78, 5) is 11.3. The molecule has 0 spiro atoms. The zero-order valence-corrected chi connectivity index (χ0v) is 9.64. The van der Waals surface area contributed by atoms with Crippen LogP contribution in [-0.2, 0) is 0 Å². The van der Waals surface area contributed by atoms with Crippen LogP contribution in [0.15, 0.2) is 36.9 Å². The minimum Gasteiger partial charge on any atom is -0.496 e. The van der Waals surface area contributed by atoms with E-state index in [-0.39, 0.29) is 5.82 Å². The van der Waals surface area contributed by atoms with Gasteiger partial charge in [0.2, 0.25) is 0 Å². The second-order valence-electron chi connectivity index (χ2n) is 3.83. The molecular formula is C13H10FN3O. The summed E-state index contributed by atoms with van der Waals surface area (Å²) in [7, 11) is 1.55. The first-order valence-corrected chi connectivity index (χ1v) is 5.40. The van der Waals surface area contributed by atoms with Crippen LogP contribution in [-0.4, -0.2) is 22.1 Å². The lowest BCUT2D eigenvalue weighted by molar-refractivity contribution is 0.415. The number of halogens is 1. The normalized spacial score (nSPS) is 10.8. The molecule has 0 aliphatic heterocycles. The SMILES string of the molecule is COc1ccc(F)cc1-c1cncc2[nH]cnc12. The molecule has 4 nitrogen and oxygen atoms in total. The molecular weight excluding hydrogens is 233 g/mol. The third kappa shape index (κ3) is 1.60. The second kappa shape index (κ2) is 4.10. The van der Waals surface area contributed by atoms with Crippen LogP contribution in [0.1, 0.15) is 0 Å². The van der Waals surface area contributed by atoms with Gasteiger partial charge in [0.15, 0.2) is 0 Å². The van der Waals surface area contributed by atoms with Crippen molar-refractivity contribution < 1.29 is 9.13 Å². The van der Waals surface area contributed by atoms with Gasteiger partial charge >= 0.3 is 0 Å². The maximum atomic E-state index is 13.4. The molecule has 90 valence electrons. The molecule has 0 amide bonds. The van der Waals surface area contributed by atoms with Gasteiger partial charge in [0.05, 0.1) is 30.7 Å². The molecule has 0 saturated heterocycles. The van der Waals surface area contributed by atoms with E-state index in [0.717, 1.165) is 16.6 Å². The lowest BCUT2D eigenvalue weighted by Crippen LogP contribution is -1.91. The van der Waals surface area contributed by atoms with Gasteiger partial charge in [-0.2, -0.15) is 0 Å². The molecule has 1 N–H and O–H groups in total. The summed E-state index contributed by atoms with van der Waals surface area (Å²) in [6.45, 7) is 0. The van der Waals surface area contributed by atoms with Gasteiger partial charge < -0.3 is 9.72 Å². The Balaban J connectivity index is 2.31. The van der Waals surface area contributed by atoms with Gasteiger partial charge in [0.1, 0.15) is 11.6 Å². The Morgan fingerprint density at radius 2 is 2.11 bits per heavy atom. The number of rotatable bonds is 2. The summed E-state index contributed by atoms with van der Waals surface area (Å²) in [6.07, 6.45) is 4.92. The number of H-pyrrole nitrogens is 1. The van der Waals surface area contributed by atoms with Crippen molar-refractivity contribution in [2.24, 2.45) is 0 Å². The van der Waals surface area contributed by atoms with E-state index in [1.807, 2.05) is 0 Å². The minimum atomic E-state index is -0.321. The number of imidazole rings is 1. The first-order chi connectivity index (χ1) is 8.79. The maximum absolute atomic E-state index is 13.4. The predicted octanol–water partition coefficient (Wildman–Crippen LogP) is 2.77. The third-order valence-corrected chi connectivity index (χ3v) is 2.78. The van der Waals surface area contributed by atoms with Crippen LogP contribution in [0.4, 0.5) is 4.39 Å². The van der Waals surface area contributed by atoms with Crippen LogP contribution >= 0.6 is 0 Å². The van der Waals surface area contributed by atoms with Crippen LogP contribution in [0.2, 0.25) is 0 Å². The highest BCUT2D eigenvalue weighted by Crippen LogP contribution is 2.33. The van der Waals surface area contributed by atoms with Crippen molar-refractivity contribution in [1.29, 1.82) is 0 Å². The fourth-order valence-electron chi connectivity index (χ4n) is 1.95. The van der Waals surface area contributed by atoms with Gasteiger partial charge in [-0.15, -0.1) is 0 Å². The van der Waals surface area contributed by atoms with Gasteiger partial charge in [-0.05, 0) is 18.2 Å². The summed E-state index contributed by atoms with van der Waals surface area (Å²) in [5, 5.41) is 0. The first kappa shape index (κ1) is 10.7. The van der Waals surface area contributed by atoms with Crippen molar-refractivity contribution in [3.63, 3.8) is 0 Å². The molecule has 0 fully saturated rings. The molecule has 2 heterocycles. The number of methoxy groups -OCH3 is 1. The van der Waals surface area contributed by atoms with Crippen LogP contribution < -0.4 is 4.74 Å². The quantitative estimate of drug-likeness (QED) is 0.753. The zero-order chi connectivity index (χ0) is 12.5. The van der Waals surface area contributed by atoms with Crippen LogP contribution in [0, 0.1) is 5.82 Å². The van der Waals surface area contributed by atoms with E-state index in [9.17, 15) is 4.39 Å². The Hall–Kier alpha value is -2.43.